The first-order valence-electron chi connectivity index (χ1n) is 10.1. The summed E-state index contributed by atoms with van der Waals surface area (Å²) in [6.07, 6.45) is 8.41. The van der Waals surface area contributed by atoms with Crippen LogP contribution in [0, 0.1) is 17.8 Å². The normalized spacial score (nSPS) is 22.0. The number of amides is 1. The highest BCUT2D eigenvalue weighted by Crippen LogP contribution is 2.42. The lowest BCUT2D eigenvalue weighted by atomic mass is 9.94. The summed E-state index contributed by atoms with van der Waals surface area (Å²) in [5.74, 6) is 1.79. The number of pyridine rings is 1. The van der Waals surface area contributed by atoms with Crippen molar-refractivity contribution < 1.29 is 14.6 Å². The highest BCUT2D eigenvalue weighted by atomic mass is 16.5. The van der Waals surface area contributed by atoms with Crippen molar-refractivity contribution in [2.24, 2.45) is 17.8 Å². The third kappa shape index (κ3) is 4.59. The summed E-state index contributed by atoms with van der Waals surface area (Å²) in [7, 11) is 0. The molecule has 6 heteroatoms. The summed E-state index contributed by atoms with van der Waals surface area (Å²) >= 11 is 0. The number of ether oxygens (including phenoxy) is 1. The van der Waals surface area contributed by atoms with Gasteiger partial charge >= 0.3 is 0 Å². The molecule has 1 aromatic heterocycles. The minimum Gasteiger partial charge on any atom is -0.483 e. The van der Waals surface area contributed by atoms with E-state index in [1.165, 1.54) is 18.7 Å². The summed E-state index contributed by atoms with van der Waals surface area (Å²) in [6, 6.07) is 10.9. The first-order valence-corrected chi connectivity index (χ1v) is 10.1. The molecule has 0 radical (unpaired) electrons. The first kappa shape index (κ1) is 19.5. The smallest absolute Gasteiger partial charge is 0.239 e. The van der Waals surface area contributed by atoms with Gasteiger partial charge in [0.25, 0.3) is 0 Å². The van der Waals surface area contributed by atoms with Crippen molar-refractivity contribution in [2.75, 3.05) is 6.54 Å². The molecule has 0 aliphatic heterocycles. The van der Waals surface area contributed by atoms with E-state index in [1.807, 2.05) is 30.3 Å². The van der Waals surface area contributed by atoms with Crippen LogP contribution in [0.2, 0.25) is 0 Å². The molecule has 4 rings (SSSR count). The standard InChI is InChI=1S/C23H26N2O4/c26-14-20-10-21(27)22(29-15-16-4-2-1-3-5-16)12-25(20)13-23(28)24-11-19-9-17-6-7-18(19)8-17/h1-7,10,12,17-19,26H,8-9,11,13-15H2,(H,24,28)/t17-,18-,19+/m0/s1. The monoisotopic (exact) mass is 394 g/mol. The van der Waals surface area contributed by atoms with Gasteiger partial charge in [-0.3, -0.25) is 9.59 Å². The Bertz CT molecular complexity index is 951. The molecular formula is C23H26N2O4. The van der Waals surface area contributed by atoms with E-state index < -0.39 is 0 Å². The summed E-state index contributed by atoms with van der Waals surface area (Å²) in [5, 5.41) is 12.6. The van der Waals surface area contributed by atoms with Gasteiger partial charge in [-0.25, -0.2) is 0 Å². The van der Waals surface area contributed by atoms with Crippen LogP contribution in [0.25, 0.3) is 0 Å². The van der Waals surface area contributed by atoms with Gasteiger partial charge in [0, 0.05) is 18.3 Å². The predicted octanol–water partition coefficient (Wildman–Crippen LogP) is 2.25. The van der Waals surface area contributed by atoms with Gasteiger partial charge in [0.15, 0.2) is 5.75 Å². The van der Waals surface area contributed by atoms with Gasteiger partial charge in [-0.1, -0.05) is 42.5 Å². The van der Waals surface area contributed by atoms with Gasteiger partial charge in [-0.2, -0.15) is 0 Å². The van der Waals surface area contributed by atoms with Crippen molar-refractivity contribution >= 4 is 5.91 Å². The Hall–Kier alpha value is -2.86. The van der Waals surface area contributed by atoms with Gasteiger partial charge in [0.1, 0.15) is 13.2 Å². The van der Waals surface area contributed by atoms with Crippen LogP contribution in [0.4, 0.5) is 0 Å². The lowest BCUT2D eigenvalue weighted by Crippen LogP contribution is -2.34. The molecule has 1 saturated carbocycles. The van der Waals surface area contributed by atoms with Crippen molar-refractivity contribution in [3.05, 3.63) is 76.2 Å². The highest BCUT2D eigenvalue weighted by Gasteiger charge is 2.35. The fourth-order valence-electron chi connectivity index (χ4n) is 4.31. The molecule has 2 aliphatic carbocycles. The SMILES string of the molecule is O=C(Cn1cc(OCc2ccccc2)c(=O)cc1CO)NC[C@H]1C[C@H]2C=C[C@H]1C2. The van der Waals surface area contributed by atoms with Crippen molar-refractivity contribution in [1.82, 2.24) is 9.88 Å². The van der Waals surface area contributed by atoms with E-state index in [9.17, 15) is 14.7 Å². The van der Waals surface area contributed by atoms with Crippen LogP contribution in [0.1, 0.15) is 24.1 Å². The molecule has 6 nitrogen and oxygen atoms in total. The second-order valence-corrected chi connectivity index (χ2v) is 7.90. The van der Waals surface area contributed by atoms with Crippen LogP contribution in [0.15, 0.2) is 59.5 Å². The Labute approximate surface area is 169 Å². The summed E-state index contributed by atoms with van der Waals surface area (Å²) in [5.41, 5.74) is 1.03. The van der Waals surface area contributed by atoms with Crippen LogP contribution in [-0.4, -0.2) is 22.1 Å². The zero-order valence-electron chi connectivity index (χ0n) is 16.3. The number of allylic oxidation sites excluding steroid dienone is 2. The first-order chi connectivity index (χ1) is 14.1. The molecule has 2 aromatic rings. The minimum atomic E-state index is -0.321. The van der Waals surface area contributed by atoms with Crippen molar-refractivity contribution in [1.29, 1.82) is 0 Å². The van der Waals surface area contributed by atoms with Crippen LogP contribution in [0.3, 0.4) is 0 Å². The van der Waals surface area contributed by atoms with E-state index in [1.54, 1.807) is 4.57 Å². The molecule has 1 fully saturated rings. The fraction of sp³-hybridized carbons (Fsp3) is 0.391. The van der Waals surface area contributed by atoms with Crippen LogP contribution < -0.4 is 15.5 Å². The Kier molecular flexibility index (Phi) is 5.81. The summed E-state index contributed by atoms with van der Waals surface area (Å²) in [4.78, 5) is 24.7. The maximum atomic E-state index is 12.5. The molecule has 3 atom stereocenters. The predicted molar refractivity (Wildman–Crippen MR) is 109 cm³/mol. The number of hydrogen-bond acceptors (Lipinski definition) is 4. The fourth-order valence-corrected chi connectivity index (χ4v) is 4.31. The molecule has 1 amide bonds. The molecule has 152 valence electrons. The second kappa shape index (κ2) is 8.66. The van der Waals surface area contributed by atoms with Crippen LogP contribution >= 0.6 is 0 Å². The van der Waals surface area contributed by atoms with Crippen LogP contribution in [0.5, 0.6) is 5.75 Å². The summed E-state index contributed by atoms with van der Waals surface area (Å²) < 4.78 is 7.25. The number of fused-ring (bicyclic) bond motifs is 2. The maximum Gasteiger partial charge on any atom is 0.239 e. The van der Waals surface area contributed by atoms with Crippen LogP contribution in [-0.2, 0) is 24.6 Å². The molecule has 0 spiro atoms. The number of aromatic nitrogens is 1. The highest BCUT2D eigenvalue weighted by molar-refractivity contribution is 5.75. The zero-order chi connectivity index (χ0) is 20.2. The van der Waals surface area contributed by atoms with Gasteiger partial charge in [-0.15, -0.1) is 0 Å². The van der Waals surface area contributed by atoms with Gasteiger partial charge in [-0.05, 0) is 36.2 Å². The van der Waals surface area contributed by atoms with E-state index in [0.717, 1.165) is 12.0 Å². The molecule has 0 unspecified atom stereocenters. The lowest BCUT2D eigenvalue weighted by Gasteiger charge is -2.19. The molecule has 0 saturated heterocycles. The van der Waals surface area contributed by atoms with E-state index in [2.05, 4.69) is 17.5 Å². The van der Waals surface area contributed by atoms with E-state index >= 15 is 0 Å². The average molecular weight is 394 g/mol. The molecule has 2 N–H and O–H groups in total. The average Bonchev–Trinajstić information content (AvgIpc) is 3.36. The topological polar surface area (TPSA) is 80.6 Å². The number of aliphatic hydroxyl groups excluding tert-OH is 1. The number of carbonyl (C=O) groups is 1. The minimum absolute atomic E-state index is 0.0362. The third-order valence-corrected chi connectivity index (χ3v) is 5.87. The maximum absolute atomic E-state index is 12.5. The van der Waals surface area contributed by atoms with E-state index in [0.29, 0.717) is 30.0 Å². The molecule has 1 heterocycles. The van der Waals surface area contributed by atoms with Crippen molar-refractivity contribution in [3.63, 3.8) is 0 Å². The van der Waals surface area contributed by atoms with Crippen molar-refractivity contribution in [3.8, 4) is 5.75 Å². The Morgan fingerprint density at radius 2 is 2.03 bits per heavy atom. The molecule has 2 aliphatic rings. The number of nitrogens with zero attached hydrogens (tertiary/aromatic N) is 1. The number of carbonyl (C=O) groups excluding carboxylic acids is 1. The van der Waals surface area contributed by atoms with E-state index in [-0.39, 0.29) is 36.8 Å². The molecule has 29 heavy (non-hydrogen) atoms. The van der Waals surface area contributed by atoms with Crippen molar-refractivity contribution in [2.45, 2.75) is 32.6 Å². The number of benzene rings is 1. The Morgan fingerprint density at radius 3 is 2.72 bits per heavy atom. The Balaban J connectivity index is 1.39. The van der Waals surface area contributed by atoms with E-state index in [4.69, 9.17) is 4.74 Å². The molecule has 2 bridgehead atoms. The van der Waals surface area contributed by atoms with Gasteiger partial charge in [0.05, 0.1) is 12.8 Å². The zero-order valence-corrected chi connectivity index (χ0v) is 16.3. The number of rotatable bonds is 8. The quantitative estimate of drug-likeness (QED) is 0.673. The number of nitrogens with one attached hydrogen (secondary N) is 1. The van der Waals surface area contributed by atoms with Gasteiger partial charge in [0.2, 0.25) is 11.3 Å². The number of hydrogen-bond donors (Lipinski definition) is 2. The molecule has 1 aromatic carbocycles. The third-order valence-electron chi connectivity index (χ3n) is 5.87. The largest absolute Gasteiger partial charge is 0.483 e. The Morgan fingerprint density at radius 1 is 1.21 bits per heavy atom. The number of aliphatic hydroxyl groups is 1. The second-order valence-electron chi connectivity index (χ2n) is 7.90. The lowest BCUT2D eigenvalue weighted by molar-refractivity contribution is -0.121. The van der Waals surface area contributed by atoms with Gasteiger partial charge < -0.3 is 19.7 Å². The summed E-state index contributed by atoms with van der Waals surface area (Å²) in [6.45, 7) is 0.641. The molecular weight excluding hydrogens is 368 g/mol.